The first-order valence-electron chi connectivity index (χ1n) is 18.6. The average Bonchev–Trinajstić information content (AvgIpc) is 3.86. The Bertz CT molecular complexity index is 2430. The van der Waals surface area contributed by atoms with E-state index in [4.69, 9.17) is 17.0 Å². The van der Waals surface area contributed by atoms with Crippen LogP contribution in [0.4, 0.5) is 26.3 Å². The number of alkyl halides is 6. The van der Waals surface area contributed by atoms with E-state index in [1.54, 1.807) is 0 Å². The quantitative estimate of drug-likeness (QED) is 0.0886. The zero-order valence-electron chi connectivity index (χ0n) is 31.6. The summed E-state index contributed by atoms with van der Waals surface area (Å²) in [5, 5.41) is 7.10. The molecule has 0 nitrogen and oxygen atoms in total. The molecule has 0 fully saturated rings. The van der Waals surface area contributed by atoms with Crippen molar-refractivity contribution >= 4 is 54.4 Å². The summed E-state index contributed by atoms with van der Waals surface area (Å²) >= 11 is -2.26. The first-order valence-corrected chi connectivity index (χ1v) is 30.2. The molecular weight excluding hydrogens is 881 g/mol. The van der Waals surface area contributed by atoms with Crippen LogP contribution in [0, 0.1) is 0 Å². The van der Waals surface area contributed by atoms with Crippen LogP contribution in [-0.2, 0) is 43.2 Å². The van der Waals surface area contributed by atoms with E-state index < -0.39 is 46.9 Å². The average molecular weight is 919 g/mol. The second-order valence-electron chi connectivity index (χ2n) is 13.6. The molecule has 8 rings (SSSR count). The van der Waals surface area contributed by atoms with Gasteiger partial charge in [0.2, 0.25) is 0 Å². The number of hydrogen-bond acceptors (Lipinski definition) is 0. The minimum atomic E-state index is -4.29. The fourth-order valence-electron chi connectivity index (χ4n) is 6.78. The molecule has 8 aromatic carbocycles. The Kier molecular flexibility index (Phi) is 14.4. The summed E-state index contributed by atoms with van der Waals surface area (Å²) in [6.07, 6.45) is -6.69. The summed E-state index contributed by atoms with van der Waals surface area (Å²) in [4.78, 5) is 0. The third-order valence-corrected chi connectivity index (χ3v) is 25.7. The number of aryl methyl sites for hydroxylation is 2. The number of rotatable bonds is 6. The predicted octanol–water partition coefficient (Wildman–Crippen LogP) is 14.3. The van der Waals surface area contributed by atoms with E-state index in [1.807, 2.05) is 48.5 Å². The molecular formula is C48H38Cl2F6SiZr-2. The fraction of sp³-hybridized carbons (Fsp3) is 0.125. The van der Waals surface area contributed by atoms with Crippen molar-refractivity contribution in [2.24, 2.45) is 0 Å². The molecule has 0 saturated carbocycles. The zero-order chi connectivity index (χ0) is 41.5. The molecule has 0 heterocycles. The number of benzene rings is 6. The van der Waals surface area contributed by atoms with Gasteiger partial charge in [-0.05, 0) is 48.2 Å². The van der Waals surface area contributed by atoms with Gasteiger partial charge in [0.15, 0.2) is 0 Å². The SMILES string of the molecule is CCc1cc2c(-c3ccc(C(F)(F)F)cc3)cccc2[cH-]1.CCc1cc2c(-c3ccc(C(F)(F)F)cc3)cccc2[cH-]1.[Cl][Zr]([Cl])=[Si](c1ccccc1)c1ccccc1. The van der Waals surface area contributed by atoms with Crippen molar-refractivity contribution in [1.29, 1.82) is 0 Å². The van der Waals surface area contributed by atoms with Crippen LogP contribution >= 0.6 is 17.0 Å². The molecule has 0 saturated heterocycles. The van der Waals surface area contributed by atoms with Gasteiger partial charge in [0, 0.05) is 0 Å². The van der Waals surface area contributed by atoms with Gasteiger partial charge >= 0.3 is 124 Å². The normalized spacial score (nSPS) is 11.4. The number of halogens is 8. The molecule has 8 aromatic rings. The third-order valence-electron chi connectivity index (χ3n) is 9.80. The van der Waals surface area contributed by atoms with Gasteiger partial charge in [0.05, 0.1) is 11.1 Å². The zero-order valence-corrected chi connectivity index (χ0v) is 36.6. The Morgan fingerprint density at radius 2 is 0.845 bits per heavy atom. The van der Waals surface area contributed by atoms with Crippen LogP contribution < -0.4 is 10.4 Å². The molecule has 0 aliphatic rings. The van der Waals surface area contributed by atoms with Crippen LogP contribution in [0.2, 0.25) is 0 Å². The van der Waals surface area contributed by atoms with E-state index >= 15 is 0 Å². The van der Waals surface area contributed by atoms with Crippen LogP contribution in [0.15, 0.2) is 170 Å². The van der Waals surface area contributed by atoms with E-state index in [2.05, 4.69) is 86.6 Å². The molecule has 0 atom stereocenters. The Hall–Kier alpha value is -4.20. The first kappa shape index (κ1) is 43.4. The van der Waals surface area contributed by atoms with E-state index in [9.17, 15) is 26.3 Å². The molecule has 0 radical (unpaired) electrons. The Morgan fingerprint density at radius 1 is 0.483 bits per heavy atom. The van der Waals surface area contributed by atoms with Crippen LogP contribution in [0.25, 0.3) is 43.8 Å². The molecule has 58 heavy (non-hydrogen) atoms. The van der Waals surface area contributed by atoms with Crippen molar-refractivity contribution in [1.82, 2.24) is 0 Å². The summed E-state index contributed by atoms with van der Waals surface area (Å²) in [7, 11) is 12.6. The van der Waals surface area contributed by atoms with E-state index in [0.29, 0.717) is 0 Å². The molecule has 0 aliphatic heterocycles. The topological polar surface area (TPSA) is 0 Å². The maximum atomic E-state index is 12.6. The molecule has 0 amide bonds. The fourth-order valence-corrected chi connectivity index (χ4v) is 22.0. The maximum absolute atomic E-state index is 12.6. The van der Waals surface area contributed by atoms with E-state index in [1.165, 1.54) is 45.8 Å². The van der Waals surface area contributed by atoms with Crippen molar-refractivity contribution in [3.63, 3.8) is 0 Å². The van der Waals surface area contributed by atoms with Gasteiger partial charge in [-0.15, -0.1) is 69.1 Å². The van der Waals surface area contributed by atoms with Crippen molar-refractivity contribution in [2.45, 2.75) is 39.0 Å². The Labute approximate surface area is 349 Å². The van der Waals surface area contributed by atoms with Crippen LogP contribution in [-0.4, -0.2) is 5.43 Å². The molecule has 0 aromatic heterocycles. The summed E-state index contributed by atoms with van der Waals surface area (Å²) in [6, 6.07) is 51.9. The third kappa shape index (κ3) is 10.7. The Morgan fingerprint density at radius 3 is 1.16 bits per heavy atom. The monoisotopic (exact) mass is 916 g/mol. The molecule has 0 spiro atoms. The van der Waals surface area contributed by atoms with Gasteiger partial charge in [-0.3, -0.25) is 0 Å². The van der Waals surface area contributed by atoms with Gasteiger partial charge in [-0.25, -0.2) is 0 Å². The van der Waals surface area contributed by atoms with Gasteiger partial charge in [-0.1, -0.05) is 61.4 Å². The van der Waals surface area contributed by atoms with Gasteiger partial charge in [0.1, 0.15) is 0 Å². The Balaban J connectivity index is 0.000000148. The van der Waals surface area contributed by atoms with E-state index in [-0.39, 0.29) is 0 Å². The van der Waals surface area contributed by atoms with Gasteiger partial charge in [0.25, 0.3) is 0 Å². The second kappa shape index (κ2) is 19.2. The first-order chi connectivity index (χ1) is 27.8. The summed E-state index contributed by atoms with van der Waals surface area (Å²) < 4.78 is 75.7. The molecule has 296 valence electrons. The minimum absolute atomic E-state index is 0.616. The van der Waals surface area contributed by atoms with E-state index in [0.717, 1.165) is 80.9 Å². The molecule has 10 heteroatoms. The standard InChI is InChI=1S/2C18H14F3.C12H10Si.2ClH.Zr/c2*1-2-12-10-14-4-3-5-16(17(14)11-12)13-6-8-15(9-7-13)18(19,20)21;1-3-7-11(8-4-1)13-12-9-5-2-6-10-12;;;/h2*3-11H,2H2,1H3;1-10H;2*1H;/q2*-1;;;;+2/p-2. The number of fused-ring (bicyclic) bond motifs is 2. The summed E-state index contributed by atoms with van der Waals surface area (Å²) in [6.45, 7) is 4.18. The van der Waals surface area contributed by atoms with Crippen molar-refractivity contribution in [2.75, 3.05) is 0 Å². The molecule has 0 aliphatic carbocycles. The van der Waals surface area contributed by atoms with Crippen molar-refractivity contribution in [3.8, 4) is 22.3 Å². The van der Waals surface area contributed by atoms with Crippen LogP contribution in [0.5, 0.6) is 0 Å². The van der Waals surface area contributed by atoms with Crippen molar-refractivity contribution < 1.29 is 44.3 Å². The van der Waals surface area contributed by atoms with Crippen LogP contribution in [0.3, 0.4) is 0 Å². The molecule has 0 N–H and O–H groups in total. The summed E-state index contributed by atoms with van der Waals surface area (Å²) in [5.41, 5.74) is 3.92. The second-order valence-corrected chi connectivity index (χ2v) is 32.8. The molecule has 0 bridgehead atoms. The predicted molar refractivity (Wildman–Crippen MR) is 228 cm³/mol. The van der Waals surface area contributed by atoms with Crippen molar-refractivity contribution in [3.05, 3.63) is 192 Å². The number of hydrogen-bond donors (Lipinski definition) is 0. The molecule has 0 unspecified atom stereocenters. The van der Waals surface area contributed by atoms with Gasteiger partial charge in [-0.2, -0.15) is 38.5 Å². The van der Waals surface area contributed by atoms with Gasteiger partial charge < -0.3 is 0 Å². The van der Waals surface area contributed by atoms with Crippen LogP contribution in [0.1, 0.15) is 36.1 Å². The summed E-state index contributed by atoms with van der Waals surface area (Å²) in [5.74, 6) is 0.